The predicted octanol–water partition coefficient (Wildman–Crippen LogP) is 2.96. The number of aryl methyl sites for hydroxylation is 1. The summed E-state index contributed by atoms with van der Waals surface area (Å²) >= 11 is 0. The van der Waals surface area contributed by atoms with Gasteiger partial charge < -0.3 is 10.6 Å². The summed E-state index contributed by atoms with van der Waals surface area (Å²) in [6, 6.07) is 3.98. The number of hydrogen-bond acceptors (Lipinski definition) is 5. The van der Waals surface area contributed by atoms with Crippen molar-refractivity contribution in [3.8, 4) is 6.07 Å². The maximum Gasteiger partial charge on any atom is 0.131 e. The maximum atomic E-state index is 8.51. The lowest BCUT2D eigenvalue weighted by atomic mass is 9.92. The van der Waals surface area contributed by atoms with Gasteiger partial charge in [-0.3, -0.25) is 0 Å². The van der Waals surface area contributed by atoms with Gasteiger partial charge in [-0.25, -0.2) is 9.97 Å². The molecule has 0 aliphatic heterocycles. The molecule has 0 saturated heterocycles. The van der Waals surface area contributed by atoms with Crippen molar-refractivity contribution in [2.75, 3.05) is 23.7 Å². The second kappa shape index (κ2) is 6.93. The maximum absolute atomic E-state index is 8.51. The van der Waals surface area contributed by atoms with E-state index in [9.17, 15) is 0 Å². The molecule has 0 amide bonds. The summed E-state index contributed by atoms with van der Waals surface area (Å²) in [4.78, 5) is 8.65. The number of hydrogen-bond donors (Lipinski definition) is 2. The first-order valence-electron chi connectivity index (χ1n) is 6.61. The van der Waals surface area contributed by atoms with E-state index in [0.29, 0.717) is 18.4 Å². The van der Waals surface area contributed by atoms with Crippen molar-refractivity contribution >= 4 is 11.6 Å². The lowest BCUT2D eigenvalue weighted by Gasteiger charge is -2.18. The zero-order valence-corrected chi connectivity index (χ0v) is 12.2. The van der Waals surface area contributed by atoms with Gasteiger partial charge in [0.1, 0.15) is 17.5 Å². The molecule has 2 N–H and O–H groups in total. The molecule has 0 atom stereocenters. The molecule has 1 rings (SSSR count). The van der Waals surface area contributed by atoms with E-state index in [0.717, 1.165) is 30.4 Å². The summed E-state index contributed by atoms with van der Waals surface area (Å²) in [5.41, 5.74) is 0.308. The van der Waals surface area contributed by atoms with Gasteiger partial charge in [0, 0.05) is 19.2 Å². The van der Waals surface area contributed by atoms with Crippen LogP contribution in [0.4, 0.5) is 11.6 Å². The fraction of sp³-hybridized carbons (Fsp3) is 0.643. The largest absolute Gasteiger partial charge is 0.370 e. The Morgan fingerprint density at radius 3 is 2.26 bits per heavy atom. The fourth-order valence-electron chi connectivity index (χ4n) is 1.56. The number of rotatable bonds is 6. The summed E-state index contributed by atoms with van der Waals surface area (Å²) in [5.74, 6) is 2.32. The molecule has 0 bridgehead atoms. The molecule has 1 aromatic rings. The molecule has 0 fully saturated rings. The van der Waals surface area contributed by atoms with Crippen LogP contribution in [0.25, 0.3) is 0 Å². The fourth-order valence-corrected chi connectivity index (χ4v) is 1.56. The highest BCUT2D eigenvalue weighted by Crippen LogP contribution is 2.18. The second-order valence-corrected chi connectivity index (χ2v) is 5.76. The molecule has 0 aliphatic rings. The molecule has 1 heterocycles. The van der Waals surface area contributed by atoms with E-state index >= 15 is 0 Å². The van der Waals surface area contributed by atoms with Gasteiger partial charge >= 0.3 is 0 Å². The van der Waals surface area contributed by atoms with E-state index in [1.54, 1.807) is 0 Å². The number of aromatic nitrogens is 2. The van der Waals surface area contributed by atoms with E-state index in [4.69, 9.17) is 5.26 Å². The number of nitrogens with one attached hydrogen (secondary N) is 2. The molecule has 19 heavy (non-hydrogen) atoms. The van der Waals surface area contributed by atoms with Crippen LogP contribution in [-0.4, -0.2) is 23.1 Å². The third kappa shape index (κ3) is 6.61. The minimum atomic E-state index is 0.308. The highest BCUT2D eigenvalue weighted by molar-refractivity contribution is 5.47. The van der Waals surface area contributed by atoms with Crippen molar-refractivity contribution < 1.29 is 0 Å². The monoisotopic (exact) mass is 261 g/mol. The zero-order valence-electron chi connectivity index (χ0n) is 12.2. The molecule has 0 aromatic carbocycles. The summed E-state index contributed by atoms with van der Waals surface area (Å²) in [7, 11) is 0. The quantitative estimate of drug-likeness (QED) is 0.770. The van der Waals surface area contributed by atoms with Crippen molar-refractivity contribution in [2.45, 2.75) is 40.5 Å². The van der Waals surface area contributed by atoms with E-state index in [1.807, 2.05) is 13.0 Å². The first-order valence-corrected chi connectivity index (χ1v) is 6.61. The Hall–Kier alpha value is -1.83. The van der Waals surface area contributed by atoms with Gasteiger partial charge in [-0.1, -0.05) is 20.8 Å². The van der Waals surface area contributed by atoms with Gasteiger partial charge in [-0.15, -0.1) is 0 Å². The van der Waals surface area contributed by atoms with Crippen molar-refractivity contribution in [3.63, 3.8) is 0 Å². The Labute approximate surface area is 115 Å². The van der Waals surface area contributed by atoms with Gasteiger partial charge in [0.05, 0.1) is 12.5 Å². The number of nitrogens with zero attached hydrogens (tertiary/aromatic N) is 3. The average molecular weight is 261 g/mol. The topological polar surface area (TPSA) is 73.6 Å². The van der Waals surface area contributed by atoms with Crippen LogP contribution in [0.15, 0.2) is 6.07 Å². The normalized spacial score (nSPS) is 10.9. The Bertz CT molecular complexity index is 442. The van der Waals surface area contributed by atoms with Crippen LogP contribution in [0.3, 0.4) is 0 Å². The smallest absolute Gasteiger partial charge is 0.131 e. The Balaban J connectivity index is 2.56. The van der Waals surface area contributed by atoms with Crippen LogP contribution in [-0.2, 0) is 0 Å². The molecular weight excluding hydrogens is 238 g/mol. The molecule has 5 heteroatoms. The van der Waals surface area contributed by atoms with Gasteiger partial charge in [0.2, 0.25) is 0 Å². The Morgan fingerprint density at radius 2 is 1.74 bits per heavy atom. The Kier molecular flexibility index (Phi) is 5.56. The van der Waals surface area contributed by atoms with Crippen LogP contribution < -0.4 is 10.6 Å². The third-order valence-corrected chi connectivity index (χ3v) is 2.56. The van der Waals surface area contributed by atoms with E-state index < -0.39 is 0 Å². The van der Waals surface area contributed by atoms with E-state index in [-0.39, 0.29) is 0 Å². The molecule has 0 saturated carbocycles. The molecule has 0 aliphatic carbocycles. The molecule has 0 spiro atoms. The second-order valence-electron chi connectivity index (χ2n) is 5.76. The minimum absolute atomic E-state index is 0.308. The molecule has 5 nitrogen and oxygen atoms in total. The van der Waals surface area contributed by atoms with Crippen molar-refractivity contribution in [1.82, 2.24) is 9.97 Å². The van der Waals surface area contributed by atoms with Crippen molar-refractivity contribution in [1.29, 1.82) is 5.26 Å². The van der Waals surface area contributed by atoms with Gasteiger partial charge in [-0.05, 0) is 18.8 Å². The first kappa shape index (κ1) is 15.2. The highest BCUT2D eigenvalue weighted by Gasteiger charge is 2.09. The first-order chi connectivity index (χ1) is 8.90. The number of anilines is 2. The van der Waals surface area contributed by atoms with Gasteiger partial charge in [-0.2, -0.15) is 5.26 Å². The highest BCUT2D eigenvalue weighted by atomic mass is 15.1. The zero-order chi connectivity index (χ0) is 14.3. The molecule has 0 radical (unpaired) electrons. The van der Waals surface area contributed by atoms with Crippen LogP contribution in [0.2, 0.25) is 0 Å². The summed E-state index contributed by atoms with van der Waals surface area (Å²) in [6.45, 7) is 10.0. The van der Waals surface area contributed by atoms with Crippen LogP contribution in [0.1, 0.15) is 39.4 Å². The molecule has 104 valence electrons. The van der Waals surface area contributed by atoms with Crippen molar-refractivity contribution in [2.24, 2.45) is 5.41 Å². The standard InChI is InChI=1S/C14H23N5/c1-11-18-12(16-8-5-7-15)10-13(19-11)17-9-6-14(2,3)4/h10H,5-6,8-9H2,1-4H3,(H2,16,17,18,19). The van der Waals surface area contributed by atoms with E-state index in [2.05, 4.69) is 47.4 Å². The third-order valence-electron chi connectivity index (χ3n) is 2.56. The summed E-state index contributed by atoms with van der Waals surface area (Å²) < 4.78 is 0. The lowest BCUT2D eigenvalue weighted by molar-refractivity contribution is 0.389. The molecule has 1 aromatic heterocycles. The van der Waals surface area contributed by atoms with Crippen LogP contribution in [0.5, 0.6) is 0 Å². The minimum Gasteiger partial charge on any atom is -0.370 e. The SMILES string of the molecule is Cc1nc(NCCC#N)cc(NCCC(C)(C)C)n1. The van der Waals surface area contributed by atoms with Crippen LogP contribution >= 0.6 is 0 Å². The molecule has 0 unspecified atom stereocenters. The van der Waals surface area contributed by atoms with Crippen LogP contribution in [0, 0.1) is 23.7 Å². The average Bonchev–Trinajstić information content (AvgIpc) is 2.27. The Morgan fingerprint density at radius 1 is 1.16 bits per heavy atom. The predicted molar refractivity (Wildman–Crippen MR) is 78.1 cm³/mol. The summed E-state index contributed by atoms with van der Waals surface area (Å²) in [6.07, 6.45) is 1.54. The molecular formula is C14H23N5. The van der Waals surface area contributed by atoms with Gasteiger partial charge in [0.15, 0.2) is 0 Å². The van der Waals surface area contributed by atoms with E-state index in [1.165, 1.54) is 0 Å². The van der Waals surface area contributed by atoms with Gasteiger partial charge in [0.25, 0.3) is 0 Å². The number of nitriles is 1. The lowest BCUT2D eigenvalue weighted by Crippen LogP contribution is -2.14. The summed E-state index contributed by atoms with van der Waals surface area (Å²) in [5, 5.41) is 14.9. The van der Waals surface area contributed by atoms with Crippen molar-refractivity contribution in [3.05, 3.63) is 11.9 Å².